The van der Waals surface area contributed by atoms with E-state index in [1.165, 1.54) is 7.05 Å². The Labute approximate surface area is 169 Å². The maximum atomic E-state index is 13.3. The van der Waals surface area contributed by atoms with Crippen LogP contribution in [0.4, 0.5) is 8.78 Å². The van der Waals surface area contributed by atoms with Crippen molar-refractivity contribution in [2.75, 3.05) is 6.54 Å². The Bertz CT molecular complexity index is 1260. The molecule has 0 spiro atoms. The summed E-state index contributed by atoms with van der Waals surface area (Å²) in [6.45, 7) is 2.30. The summed E-state index contributed by atoms with van der Waals surface area (Å²) in [5.41, 5.74) is 3.29. The predicted octanol–water partition coefficient (Wildman–Crippen LogP) is 3.32. The first-order chi connectivity index (χ1) is 14.4. The van der Waals surface area contributed by atoms with Gasteiger partial charge in [-0.25, -0.2) is 23.4 Å². The molecule has 0 fully saturated rings. The second-order valence-corrected chi connectivity index (χ2v) is 7.28. The molecule has 1 atom stereocenters. The number of fused-ring (bicyclic) bond motifs is 2. The summed E-state index contributed by atoms with van der Waals surface area (Å²) >= 11 is 0. The summed E-state index contributed by atoms with van der Waals surface area (Å²) in [6, 6.07) is 7.11. The Hall–Kier alpha value is -3.56. The number of hydrogen-bond donors (Lipinski definition) is 1. The quantitative estimate of drug-likeness (QED) is 0.557. The first-order valence-electron chi connectivity index (χ1n) is 9.45. The highest BCUT2D eigenvalue weighted by Crippen LogP contribution is 2.37. The monoisotopic (exact) mass is 412 g/mol. The summed E-state index contributed by atoms with van der Waals surface area (Å²) in [7, 11) is 1.43. The number of imidazole rings is 1. The van der Waals surface area contributed by atoms with Gasteiger partial charge in [0.15, 0.2) is 0 Å². The number of amides is 1. The lowest BCUT2D eigenvalue weighted by molar-refractivity contribution is 0.0654. The second-order valence-electron chi connectivity index (χ2n) is 7.28. The Balaban J connectivity index is 1.62. The number of hydrogen-bond acceptors (Lipinski definition) is 5. The lowest BCUT2D eigenvalue weighted by Crippen LogP contribution is -2.41. The number of furan rings is 1. The van der Waals surface area contributed by atoms with Crippen molar-refractivity contribution in [1.82, 2.24) is 29.6 Å². The molecule has 0 bridgehead atoms. The van der Waals surface area contributed by atoms with Gasteiger partial charge in [0.1, 0.15) is 17.4 Å². The van der Waals surface area contributed by atoms with Gasteiger partial charge in [0.05, 0.1) is 12.0 Å². The van der Waals surface area contributed by atoms with E-state index in [0.29, 0.717) is 24.4 Å². The molecule has 3 aromatic heterocycles. The largest absolute Gasteiger partial charge is 0.458 e. The van der Waals surface area contributed by atoms with Crippen molar-refractivity contribution in [1.29, 1.82) is 0 Å². The van der Waals surface area contributed by atoms with Crippen molar-refractivity contribution in [3.8, 4) is 0 Å². The summed E-state index contributed by atoms with van der Waals surface area (Å²) in [5, 5.41) is 4.58. The normalized spacial score (nSPS) is 16.4. The molecule has 10 heteroatoms. The number of aromatic nitrogens is 5. The predicted molar refractivity (Wildman–Crippen MR) is 102 cm³/mol. The molecule has 4 heterocycles. The molecule has 0 saturated heterocycles. The molecule has 30 heavy (non-hydrogen) atoms. The third-order valence-corrected chi connectivity index (χ3v) is 5.38. The van der Waals surface area contributed by atoms with Gasteiger partial charge in [0, 0.05) is 31.1 Å². The molecule has 4 aromatic rings. The van der Waals surface area contributed by atoms with E-state index in [4.69, 9.17) is 4.42 Å². The van der Waals surface area contributed by atoms with Gasteiger partial charge < -0.3 is 14.3 Å². The van der Waals surface area contributed by atoms with Gasteiger partial charge in [-0.05, 0) is 18.6 Å². The summed E-state index contributed by atoms with van der Waals surface area (Å²) < 4.78 is 33.3. The van der Waals surface area contributed by atoms with Gasteiger partial charge in [0.25, 0.3) is 12.3 Å². The maximum Gasteiger partial charge on any atom is 0.299 e. The Kier molecular flexibility index (Phi) is 4.16. The van der Waals surface area contributed by atoms with Crippen LogP contribution in [0.5, 0.6) is 0 Å². The highest BCUT2D eigenvalue weighted by Gasteiger charge is 2.38. The Morgan fingerprint density at radius 1 is 1.37 bits per heavy atom. The average molecular weight is 412 g/mol. The van der Waals surface area contributed by atoms with Gasteiger partial charge in [-0.2, -0.15) is 0 Å². The van der Waals surface area contributed by atoms with Crippen LogP contribution in [-0.2, 0) is 13.5 Å². The minimum atomic E-state index is -2.86. The Morgan fingerprint density at radius 3 is 2.93 bits per heavy atom. The minimum Gasteiger partial charge on any atom is -0.458 e. The third-order valence-electron chi connectivity index (χ3n) is 5.38. The smallest absolute Gasteiger partial charge is 0.299 e. The molecular formula is C20H18F2N6O2. The van der Waals surface area contributed by atoms with Crippen molar-refractivity contribution < 1.29 is 18.0 Å². The van der Waals surface area contributed by atoms with Crippen LogP contribution in [0.1, 0.15) is 51.6 Å². The van der Waals surface area contributed by atoms with Crippen LogP contribution < -0.4 is 0 Å². The van der Waals surface area contributed by atoms with Crippen molar-refractivity contribution in [2.45, 2.75) is 25.8 Å². The standard InChI is InChI=1S/C20H18F2N6O2/c1-10-4-3-5-11-8-13(30-16(10)11)15-14-12(23-9-24-14)6-7-28(15)20(29)19-25-18(17(21)22)26-27(19)2/h3-5,8-9,15,17H,6-7H2,1-2H3,(H,23,24)/t15-/m0/s1. The number of aryl methyl sites for hydroxylation is 2. The van der Waals surface area contributed by atoms with E-state index in [0.717, 1.165) is 26.9 Å². The highest BCUT2D eigenvalue weighted by atomic mass is 19.3. The van der Waals surface area contributed by atoms with Gasteiger partial charge in [-0.1, -0.05) is 18.2 Å². The lowest BCUT2D eigenvalue weighted by atomic mass is 10.00. The molecule has 1 aliphatic rings. The molecule has 8 nitrogen and oxygen atoms in total. The number of nitrogens with one attached hydrogen (secondary N) is 1. The summed E-state index contributed by atoms with van der Waals surface area (Å²) in [5.74, 6) is -0.777. The van der Waals surface area contributed by atoms with E-state index < -0.39 is 24.2 Å². The molecule has 1 amide bonds. The fourth-order valence-corrected chi connectivity index (χ4v) is 3.96. The van der Waals surface area contributed by atoms with Crippen LogP contribution in [0.15, 0.2) is 35.0 Å². The van der Waals surface area contributed by atoms with Gasteiger partial charge in [-0.3, -0.25) is 4.79 Å². The van der Waals surface area contributed by atoms with Crippen LogP contribution in [0, 0.1) is 6.92 Å². The molecule has 0 radical (unpaired) electrons. The van der Waals surface area contributed by atoms with E-state index in [9.17, 15) is 13.6 Å². The van der Waals surface area contributed by atoms with Gasteiger partial charge in [-0.15, -0.1) is 5.10 Å². The SMILES string of the molecule is Cc1cccc2cc([C@H]3c4nc[nH]c4CCN3C(=O)c3nc(C(F)F)nn3C)oc12. The molecule has 5 rings (SSSR count). The van der Waals surface area contributed by atoms with Crippen molar-refractivity contribution in [3.05, 3.63) is 65.0 Å². The van der Waals surface area contributed by atoms with Crippen LogP contribution in [-0.4, -0.2) is 42.1 Å². The van der Waals surface area contributed by atoms with Crippen LogP contribution in [0.2, 0.25) is 0 Å². The number of nitrogens with zero attached hydrogens (tertiary/aromatic N) is 5. The lowest BCUT2D eigenvalue weighted by Gasteiger charge is -2.33. The highest BCUT2D eigenvalue weighted by molar-refractivity contribution is 5.91. The van der Waals surface area contributed by atoms with Crippen LogP contribution in [0.3, 0.4) is 0 Å². The maximum absolute atomic E-state index is 13.3. The number of halogens is 2. The number of benzene rings is 1. The van der Waals surface area contributed by atoms with E-state index in [2.05, 4.69) is 20.1 Å². The van der Waals surface area contributed by atoms with Crippen molar-refractivity contribution in [2.24, 2.45) is 7.05 Å². The van der Waals surface area contributed by atoms with Gasteiger partial charge >= 0.3 is 0 Å². The number of H-pyrrole nitrogens is 1. The number of carbonyl (C=O) groups excluding carboxylic acids is 1. The topological polar surface area (TPSA) is 92.8 Å². The third kappa shape index (κ3) is 2.78. The summed E-state index contributed by atoms with van der Waals surface area (Å²) in [6.07, 6.45) is -0.723. The van der Waals surface area contributed by atoms with Crippen molar-refractivity contribution in [3.63, 3.8) is 0 Å². The zero-order valence-electron chi connectivity index (χ0n) is 16.3. The molecule has 0 unspecified atom stereocenters. The Morgan fingerprint density at radius 2 is 2.20 bits per heavy atom. The molecule has 1 aromatic carbocycles. The first-order valence-corrected chi connectivity index (χ1v) is 9.45. The molecule has 154 valence electrons. The van der Waals surface area contributed by atoms with E-state index in [-0.39, 0.29) is 5.82 Å². The number of para-hydroxylation sites is 1. The zero-order chi connectivity index (χ0) is 21.0. The zero-order valence-corrected chi connectivity index (χ0v) is 16.3. The first kappa shape index (κ1) is 18.5. The van der Waals surface area contributed by atoms with E-state index in [1.54, 1.807) is 11.2 Å². The fourth-order valence-electron chi connectivity index (χ4n) is 3.96. The summed E-state index contributed by atoms with van der Waals surface area (Å²) in [4.78, 5) is 26.2. The number of carbonyl (C=O) groups is 1. The fraction of sp³-hybridized carbons (Fsp3) is 0.300. The van der Waals surface area contributed by atoms with Crippen molar-refractivity contribution >= 4 is 16.9 Å². The number of aromatic amines is 1. The number of alkyl halides is 2. The van der Waals surface area contributed by atoms with Crippen LogP contribution >= 0.6 is 0 Å². The number of rotatable bonds is 3. The van der Waals surface area contributed by atoms with Crippen LogP contribution in [0.25, 0.3) is 11.0 Å². The molecule has 1 N–H and O–H groups in total. The second kappa shape index (κ2) is 6.75. The van der Waals surface area contributed by atoms with Gasteiger partial charge in [0.2, 0.25) is 11.6 Å². The molecule has 1 aliphatic heterocycles. The average Bonchev–Trinajstić information content (AvgIpc) is 3.44. The van der Waals surface area contributed by atoms with E-state index >= 15 is 0 Å². The molecule has 0 saturated carbocycles. The van der Waals surface area contributed by atoms with E-state index in [1.807, 2.05) is 31.2 Å². The minimum absolute atomic E-state index is 0.151. The molecular weight excluding hydrogens is 394 g/mol. The molecule has 0 aliphatic carbocycles.